The molecule has 264 valence electrons. The van der Waals surface area contributed by atoms with Crippen LogP contribution in [0.2, 0.25) is 0 Å². The number of hydrogen-bond acceptors (Lipinski definition) is 11. The van der Waals surface area contributed by atoms with Crippen LogP contribution in [0.25, 0.3) is 10.9 Å². The van der Waals surface area contributed by atoms with Crippen molar-refractivity contribution in [3.8, 4) is 0 Å². The monoisotopic (exact) mass is 711 g/mol. The van der Waals surface area contributed by atoms with E-state index in [0.29, 0.717) is 56.5 Å². The van der Waals surface area contributed by atoms with Crippen molar-refractivity contribution in [2.75, 3.05) is 72.4 Å². The van der Waals surface area contributed by atoms with Gasteiger partial charge in [-0.1, -0.05) is 18.2 Å². The first-order chi connectivity index (χ1) is 24.8. The van der Waals surface area contributed by atoms with Crippen molar-refractivity contribution in [2.24, 2.45) is 0 Å². The quantitative estimate of drug-likeness (QED) is 0.193. The lowest BCUT2D eigenvalue weighted by Crippen LogP contribution is -2.47. The van der Waals surface area contributed by atoms with Crippen molar-refractivity contribution in [1.82, 2.24) is 24.2 Å². The molecular weight excluding hydrogens is 674 g/mol. The van der Waals surface area contributed by atoms with Crippen molar-refractivity contribution in [2.45, 2.75) is 32.1 Å². The normalized spacial score (nSPS) is 16.9. The molecule has 8 rings (SSSR count). The Hall–Kier alpha value is -5.28. The van der Waals surface area contributed by atoms with Crippen LogP contribution in [0.1, 0.15) is 35.1 Å². The zero-order valence-corrected chi connectivity index (χ0v) is 28.8. The van der Waals surface area contributed by atoms with E-state index < -0.39 is 17.2 Å². The van der Waals surface area contributed by atoms with Crippen LogP contribution in [0.5, 0.6) is 0 Å². The highest BCUT2D eigenvalue weighted by molar-refractivity contribution is 7.71. The van der Waals surface area contributed by atoms with Crippen LogP contribution < -0.4 is 25.4 Å². The van der Waals surface area contributed by atoms with E-state index in [4.69, 9.17) is 16.6 Å². The zero-order chi connectivity index (χ0) is 35.1. The van der Waals surface area contributed by atoms with Gasteiger partial charge < -0.3 is 34.1 Å². The molecule has 0 radical (unpaired) electrons. The molecule has 0 spiro atoms. The Balaban J connectivity index is 0.852. The van der Waals surface area contributed by atoms with Crippen molar-refractivity contribution in [3.63, 3.8) is 0 Å². The molecule has 0 atom stereocenters. The fraction of sp³-hybridized carbons (Fsp3) is 0.361. The standard InChI is InChI=1S/C36H38FN9O4S/c37-29-18-27-30(45(26-7-8-26)22-28(34(27)47)35(48)49)19-31(29)43-12-10-41(11-13-43)23-46-36(51)50-33(40-46)21-38-24-6-9-32(39-20-24)44-16-14-42(15-17-44)25-4-2-1-3-5-25/h1-6,9,18-20,22,26,38H,7-8,10-17,21,23H2,(H,48,49). The number of fused-ring (bicyclic) bond motifs is 1. The number of piperazine rings is 2. The Morgan fingerprint density at radius 1 is 0.961 bits per heavy atom. The van der Waals surface area contributed by atoms with E-state index in [1.807, 2.05) is 33.9 Å². The van der Waals surface area contributed by atoms with Gasteiger partial charge in [0.1, 0.15) is 17.2 Å². The van der Waals surface area contributed by atoms with E-state index in [0.717, 1.165) is 50.5 Å². The number of aromatic carboxylic acids is 1. The van der Waals surface area contributed by atoms with E-state index in [1.165, 1.54) is 18.0 Å². The molecule has 3 fully saturated rings. The van der Waals surface area contributed by atoms with Crippen LogP contribution in [0.15, 0.2) is 76.2 Å². The summed E-state index contributed by atoms with van der Waals surface area (Å²) in [5, 5.41) is 17.5. The molecular formula is C36H38FN9O4S. The highest BCUT2D eigenvalue weighted by Gasteiger charge is 2.29. The van der Waals surface area contributed by atoms with Crippen LogP contribution in [0, 0.1) is 10.7 Å². The number of benzene rings is 2. The van der Waals surface area contributed by atoms with Gasteiger partial charge in [0, 0.05) is 75.7 Å². The number of pyridine rings is 2. The smallest absolute Gasteiger partial charge is 0.341 e. The van der Waals surface area contributed by atoms with Gasteiger partial charge in [0.25, 0.3) is 4.84 Å². The predicted octanol–water partition coefficient (Wildman–Crippen LogP) is 4.81. The number of rotatable bonds is 10. The lowest BCUT2D eigenvalue weighted by atomic mass is 10.1. The molecule has 2 aliphatic heterocycles. The van der Waals surface area contributed by atoms with E-state index >= 15 is 4.39 Å². The third-order valence-electron chi connectivity index (χ3n) is 9.88. The second kappa shape index (κ2) is 13.8. The van der Waals surface area contributed by atoms with Crippen LogP contribution in [0.3, 0.4) is 0 Å². The van der Waals surface area contributed by atoms with Gasteiger partial charge in [0.05, 0.1) is 36.3 Å². The minimum absolute atomic E-state index is 0.0917. The summed E-state index contributed by atoms with van der Waals surface area (Å²) >= 11 is 5.47. The molecule has 2 aromatic carbocycles. The van der Waals surface area contributed by atoms with Crippen LogP contribution >= 0.6 is 12.2 Å². The minimum atomic E-state index is -1.31. The first-order valence-electron chi connectivity index (χ1n) is 17.2. The average molecular weight is 712 g/mol. The van der Waals surface area contributed by atoms with Gasteiger partial charge >= 0.3 is 5.97 Å². The third kappa shape index (κ3) is 6.90. The van der Waals surface area contributed by atoms with E-state index in [9.17, 15) is 14.7 Å². The lowest BCUT2D eigenvalue weighted by Gasteiger charge is -2.36. The third-order valence-corrected chi connectivity index (χ3v) is 10.2. The molecule has 3 aliphatic rings. The van der Waals surface area contributed by atoms with Gasteiger partial charge in [-0.25, -0.2) is 18.9 Å². The maximum absolute atomic E-state index is 15.4. The molecule has 0 unspecified atom stereocenters. The summed E-state index contributed by atoms with van der Waals surface area (Å²) in [5.74, 6) is -0.433. The molecule has 51 heavy (non-hydrogen) atoms. The molecule has 2 saturated heterocycles. The number of aromatic nitrogens is 4. The van der Waals surface area contributed by atoms with Crippen molar-refractivity contribution in [1.29, 1.82) is 0 Å². The molecule has 0 amide bonds. The predicted molar refractivity (Wildman–Crippen MR) is 195 cm³/mol. The minimum Gasteiger partial charge on any atom is -0.477 e. The highest BCUT2D eigenvalue weighted by Crippen LogP contribution is 2.38. The van der Waals surface area contributed by atoms with Gasteiger partial charge in [-0.3, -0.25) is 9.69 Å². The summed E-state index contributed by atoms with van der Waals surface area (Å²) in [6, 6.07) is 17.5. The number of carboxylic acid groups (broad SMARTS) is 1. The van der Waals surface area contributed by atoms with Gasteiger partial charge in [0.2, 0.25) is 11.3 Å². The van der Waals surface area contributed by atoms with Gasteiger partial charge in [-0.05, 0) is 61.5 Å². The Kier molecular flexibility index (Phi) is 8.90. The highest BCUT2D eigenvalue weighted by atomic mass is 32.1. The van der Waals surface area contributed by atoms with Crippen molar-refractivity contribution in [3.05, 3.63) is 99.3 Å². The van der Waals surface area contributed by atoms with Gasteiger partial charge in [0.15, 0.2) is 0 Å². The molecule has 1 saturated carbocycles. The molecule has 5 aromatic rings. The molecule has 5 heterocycles. The second-order valence-electron chi connectivity index (χ2n) is 13.2. The Morgan fingerprint density at radius 2 is 1.69 bits per heavy atom. The Labute approximate surface area is 298 Å². The summed E-state index contributed by atoms with van der Waals surface area (Å²) in [6.07, 6.45) is 5.01. The topological polar surface area (TPSA) is 128 Å². The summed E-state index contributed by atoms with van der Waals surface area (Å²) in [6.45, 7) is 6.85. The second-order valence-corrected chi connectivity index (χ2v) is 13.6. The van der Waals surface area contributed by atoms with Gasteiger partial charge in [-0.15, -0.1) is 5.10 Å². The van der Waals surface area contributed by atoms with Crippen molar-refractivity contribution < 1.29 is 18.7 Å². The van der Waals surface area contributed by atoms with Crippen LogP contribution in [0.4, 0.5) is 27.3 Å². The number of halogens is 1. The molecule has 2 N–H and O–H groups in total. The number of hydrogen-bond donors (Lipinski definition) is 2. The number of carbonyl (C=O) groups is 1. The number of nitrogens with zero attached hydrogens (tertiary/aromatic N) is 8. The van der Waals surface area contributed by atoms with Gasteiger partial charge in [-0.2, -0.15) is 0 Å². The fourth-order valence-electron chi connectivity index (χ4n) is 6.93. The van der Waals surface area contributed by atoms with E-state index in [2.05, 4.69) is 54.4 Å². The Bertz CT molecular complexity index is 2170. The summed E-state index contributed by atoms with van der Waals surface area (Å²) in [4.78, 5) is 38.3. The first-order valence-corrected chi connectivity index (χ1v) is 17.6. The van der Waals surface area contributed by atoms with E-state index in [1.54, 1.807) is 10.7 Å². The summed E-state index contributed by atoms with van der Waals surface area (Å²) in [5.41, 5.74) is 2.06. The number of anilines is 4. The largest absolute Gasteiger partial charge is 0.477 e. The van der Waals surface area contributed by atoms with Crippen molar-refractivity contribution >= 4 is 52.0 Å². The molecule has 1 aliphatic carbocycles. The maximum Gasteiger partial charge on any atom is 0.341 e. The first kappa shape index (κ1) is 32.9. The maximum atomic E-state index is 15.4. The SMILES string of the molecule is O=C(O)c1cn(C2CC2)c2cc(N3CCN(Cn4nc(CNc5ccc(N6CCN(c7ccccc7)CC6)nc5)oc4=S)CC3)c(F)cc2c1=O. The number of para-hydroxylation sites is 1. The fourth-order valence-corrected chi connectivity index (χ4v) is 7.12. The van der Waals surface area contributed by atoms with Crippen LogP contribution in [-0.2, 0) is 13.2 Å². The Morgan fingerprint density at radius 3 is 2.37 bits per heavy atom. The summed E-state index contributed by atoms with van der Waals surface area (Å²) in [7, 11) is 0. The summed E-state index contributed by atoms with van der Waals surface area (Å²) < 4.78 is 24.7. The number of carboxylic acids is 1. The zero-order valence-electron chi connectivity index (χ0n) is 27.9. The van der Waals surface area contributed by atoms with E-state index in [-0.39, 0.29) is 21.8 Å². The molecule has 3 aromatic heterocycles. The molecule has 15 heteroatoms. The lowest BCUT2D eigenvalue weighted by molar-refractivity contribution is 0.0694. The molecule has 0 bridgehead atoms. The van der Waals surface area contributed by atoms with Crippen LogP contribution in [-0.4, -0.2) is 87.7 Å². The average Bonchev–Trinajstić information content (AvgIpc) is 3.94. The molecule has 13 nitrogen and oxygen atoms in total. The number of nitrogens with one attached hydrogen (secondary N) is 1.